The van der Waals surface area contributed by atoms with Gasteiger partial charge in [0, 0.05) is 25.3 Å². The molecule has 4 rings (SSSR count). The van der Waals surface area contributed by atoms with Crippen LogP contribution in [0.15, 0.2) is 60.7 Å². The lowest BCUT2D eigenvalue weighted by Gasteiger charge is -2.16. The summed E-state index contributed by atoms with van der Waals surface area (Å²) in [7, 11) is 0. The van der Waals surface area contributed by atoms with Crippen molar-refractivity contribution in [3.63, 3.8) is 0 Å². The van der Waals surface area contributed by atoms with Crippen molar-refractivity contribution in [3.8, 4) is 0 Å². The lowest BCUT2D eigenvalue weighted by molar-refractivity contribution is 0.109. The Labute approximate surface area is 133 Å². The van der Waals surface area contributed by atoms with Crippen LogP contribution in [0.4, 0.5) is 5.69 Å². The Kier molecular flexibility index (Phi) is 8.13. The number of ether oxygens (including phenoxy) is 1. The fourth-order valence-corrected chi connectivity index (χ4v) is 2.31. The van der Waals surface area contributed by atoms with Crippen molar-refractivity contribution in [3.05, 3.63) is 66.2 Å². The van der Waals surface area contributed by atoms with Crippen molar-refractivity contribution in [1.29, 1.82) is 0 Å². The van der Waals surface area contributed by atoms with Crippen LogP contribution < -0.4 is 10.6 Å². The van der Waals surface area contributed by atoms with Crippen LogP contribution in [0.25, 0.3) is 0 Å². The molecule has 2 aliphatic rings. The molecule has 2 aromatic rings. The zero-order valence-electron chi connectivity index (χ0n) is 13.1. The highest BCUT2D eigenvalue weighted by atomic mass is 16.5. The molecule has 1 fully saturated rings. The van der Waals surface area contributed by atoms with Crippen LogP contribution in [-0.4, -0.2) is 32.8 Å². The minimum Gasteiger partial charge on any atom is -0.385 e. The standard InChI is InChI=1S/C9H11N.C6H6.C4H9NO/c1-2-6-9-8(4-1)5-3-7-10-9;1-2-4-6-5-3-1;1-3-6-4-2-5-1/h1-2,4,6,10H,3,5,7H2;1-6H;5H,1-4H2. The average Bonchev–Trinajstić information content (AvgIpc) is 2.66. The number of morpholine rings is 1. The molecule has 0 radical (unpaired) electrons. The Morgan fingerprint density at radius 1 is 0.727 bits per heavy atom. The van der Waals surface area contributed by atoms with Crippen LogP contribution in [-0.2, 0) is 11.2 Å². The van der Waals surface area contributed by atoms with Crippen molar-refractivity contribution >= 4 is 5.69 Å². The third-order valence-electron chi connectivity index (χ3n) is 3.47. The predicted molar refractivity (Wildman–Crippen MR) is 93.4 cm³/mol. The van der Waals surface area contributed by atoms with Crippen LogP contribution in [0.2, 0.25) is 0 Å². The molecule has 0 aliphatic carbocycles. The molecule has 0 saturated carbocycles. The van der Waals surface area contributed by atoms with Crippen LogP contribution >= 0.6 is 0 Å². The van der Waals surface area contributed by atoms with E-state index >= 15 is 0 Å². The van der Waals surface area contributed by atoms with E-state index < -0.39 is 0 Å². The zero-order valence-corrected chi connectivity index (χ0v) is 13.1. The van der Waals surface area contributed by atoms with E-state index in [1.807, 2.05) is 36.4 Å². The fourth-order valence-electron chi connectivity index (χ4n) is 2.31. The Hall–Kier alpha value is -1.84. The number of hydrogen-bond donors (Lipinski definition) is 2. The van der Waals surface area contributed by atoms with E-state index in [0.29, 0.717) is 0 Å². The average molecular weight is 298 g/mol. The van der Waals surface area contributed by atoms with Crippen molar-refractivity contribution in [1.82, 2.24) is 5.32 Å². The van der Waals surface area contributed by atoms with Gasteiger partial charge in [-0.05, 0) is 24.5 Å². The summed E-state index contributed by atoms with van der Waals surface area (Å²) in [6.45, 7) is 4.97. The molecule has 3 heteroatoms. The lowest BCUT2D eigenvalue weighted by Crippen LogP contribution is -2.30. The largest absolute Gasteiger partial charge is 0.385 e. The molecular formula is C19H26N2O. The number of hydrogen-bond acceptors (Lipinski definition) is 3. The maximum Gasteiger partial charge on any atom is 0.0591 e. The van der Waals surface area contributed by atoms with Crippen molar-refractivity contribution in [2.45, 2.75) is 12.8 Å². The van der Waals surface area contributed by atoms with Crippen LogP contribution in [0.1, 0.15) is 12.0 Å². The fraction of sp³-hybridized carbons (Fsp3) is 0.368. The number of para-hydroxylation sites is 1. The molecule has 0 unspecified atom stereocenters. The molecular weight excluding hydrogens is 272 g/mol. The van der Waals surface area contributed by atoms with Gasteiger partial charge < -0.3 is 15.4 Å². The van der Waals surface area contributed by atoms with Gasteiger partial charge in [-0.1, -0.05) is 54.6 Å². The minimum atomic E-state index is 0.889. The summed E-state index contributed by atoms with van der Waals surface area (Å²) in [5.74, 6) is 0. The third-order valence-corrected chi connectivity index (χ3v) is 3.47. The molecule has 2 N–H and O–H groups in total. The second kappa shape index (κ2) is 10.8. The smallest absolute Gasteiger partial charge is 0.0591 e. The van der Waals surface area contributed by atoms with E-state index in [1.54, 1.807) is 0 Å². The first-order valence-electron chi connectivity index (χ1n) is 8.07. The molecule has 2 aromatic carbocycles. The molecule has 0 spiro atoms. The van der Waals surface area contributed by atoms with Crippen LogP contribution in [0, 0.1) is 0 Å². The van der Waals surface area contributed by atoms with E-state index in [-0.39, 0.29) is 0 Å². The molecule has 2 aliphatic heterocycles. The summed E-state index contributed by atoms with van der Waals surface area (Å²) < 4.78 is 5.01. The molecule has 3 nitrogen and oxygen atoms in total. The Balaban J connectivity index is 0.000000128. The number of rotatable bonds is 0. The van der Waals surface area contributed by atoms with Crippen molar-refractivity contribution in [2.24, 2.45) is 0 Å². The predicted octanol–water partition coefficient (Wildman–Crippen LogP) is 3.34. The van der Waals surface area contributed by atoms with Gasteiger partial charge in [0.25, 0.3) is 0 Å². The summed E-state index contributed by atoms with van der Waals surface area (Å²) in [6.07, 6.45) is 2.51. The first kappa shape index (κ1) is 16.5. The first-order chi connectivity index (χ1) is 11.0. The topological polar surface area (TPSA) is 33.3 Å². The molecule has 0 bridgehead atoms. The van der Waals surface area contributed by atoms with Gasteiger partial charge in [0.2, 0.25) is 0 Å². The van der Waals surface area contributed by atoms with Gasteiger partial charge in [0.05, 0.1) is 13.2 Å². The molecule has 0 amide bonds. The maximum absolute atomic E-state index is 5.01. The van der Waals surface area contributed by atoms with Gasteiger partial charge in [-0.25, -0.2) is 0 Å². The van der Waals surface area contributed by atoms with E-state index in [1.165, 1.54) is 24.1 Å². The van der Waals surface area contributed by atoms with Gasteiger partial charge in [-0.15, -0.1) is 0 Å². The SMILES string of the molecule is C1COCCN1.c1ccc2c(c1)CCCN2.c1ccccc1. The van der Waals surface area contributed by atoms with Gasteiger partial charge in [0.15, 0.2) is 0 Å². The Bertz CT molecular complexity index is 435. The quantitative estimate of drug-likeness (QED) is 0.782. The summed E-state index contributed by atoms with van der Waals surface area (Å²) in [5, 5.41) is 6.52. The van der Waals surface area contributed by atoms with E-state index in [0.717, 1.165) is 32.8 Å². The summed E-state index contributed by atoms with van der Waals surface area (Å²) in [4.78, 5) is 0. The third kappa shape index (κ3) is 6.74. The van der Waals surface area contributed by atoms with E-state index in [2.05, 4.69) is 34.9 Å². The number of nitrogens with one attached hydrogen (secondary N) is 2. The van der Waals surface area contributed by atoms with E-state index in [9.17, 15) is 0 Å². The normalized spacial score (nSPS) is 15.8. The molecule has 2 heterocycles. The Morgan fingerprint density at radius 3 is 1.86 bits per heavy atom. The molecule has 1 saturated heterocycles. The molecule has 118 valence electrons. The monoisotopic (exact) mass is 298 g/mol. The molecule has 0 atom stereocenters. The summed E-state index contributed by atoms with van der Waals surface area (Å²) >= 11 is 0. The summed E-state index contributed by atoms with van der Waals surface area (Å²) in [6, 6.07) is 20.5. The minimum absolute atomic E-state index is 0.889. The lowest BCUT2D eigenvalue weighted by atomic mass is 10.0. The van der Waals surface area contributed by atoms with E-state index in [4.69, 9.17) is 4.74 Å². The number of fused-ring (bicyclic) bond motifs is 1. The van der Waals surface area contributed by atoms with Crippen LogP contribution in [0.5, 0.6) is 0 Å². The second-order valence-corrected chi connectivity index (χ2v) is 5.20. The van der Waals surface area contributed by atoms with Gasteiger partial charge in [0.1, 0.15) is 0 Å². The number of benzene rings is 2. The zero-order chi connectivity index (χ0) is 15.3. The highest BCUT2D eigenvalue weighted by Crippen LogP contribution is 2.20. The maximum atomic E-state index is 5.01. The second-order valence-electron chi connectivity index (χ2n) is 5.20. The Morgan fingerprint density at radius 2 is 1.36 bits per heavy atom. The molecule has 22 heavy (non-hydrogen) atoms. The molecule has 0 aromatic heterocycles. The van der Waals surface area contributed by atoms with Crippen molar-refractivity contribution in [2.75, 3.05) is 38.2 Å². The number of anilines is 1. The number of aryl methyl sites for hydroxylation is 1. The highest BCUT2D eigenvalue weighted by molar-refractivity contribution is 5.52. The van der Waals surface area contributed by atoms with Crippen molar-refractivity contribution < 1.29 is 4.74 Å². The van der Waals surface area contributed by atoms with Gasteiger partial charge >= 0.3 is 0 Å². The summed E-state index contributed by atoms with van der Waals surface area (Å²) in [5.41, 5.74) is 2.79. The van der Waals surface area contributed by atoms with Gasteiger partial charge in [-0.2, -0.15) is 0 Å². The first-order valence-corrected chi connectivity index (χ1v) is 8.07. The van der Waals surface area contributed by atoms with Crippen LogP contribution in [0.3, 0.4) is 0 Å². The highest BCUT2D eigenvalue weighted by Gasteiger charge is 2.04. The van der Waals surface area contributed by atoms with Gasteiger partial charge in [-0.3, -0.25) is 0 Å².